The van der Waals surface area contributed by atoms with Crippen molar-refractivity contribution in [2.24, 2.45) is 7.05 Å². The molecule has 13 nitrogen and oxygen atoms in total. The number of aliphatic hydroxyl groups excluding tert-OH is 1. The van der Waals surface area contributed by atoms with Crippen LogP contribution in [0.4, 0.5) is 22.0 Å². The van der Waals surface area contributed by atoms with Crippen molar-refractivity contribution < 1.29 is 23.5 Å². The Balaban J connectivity index is 1.69. The Morgan fingerprint density at radius 3 is 2.76 bits per heavy atom. The van der Waals surface area contributed by atoms with Gasteiger partial charge in [-0.1, -0.05) is 6.07 Å². The lowest BCUT2D eigenvalue weighted by molar-refractivity contribution is 0.0308. The van der Waals surface area contributed by atoms with Gasteiger partial charge in [0.25, 0.3) is 5.91 Å². The van der Waals surface area contributed by atoms with E-state index in [1.54, 1.807) is 25.2 Å². The Morgan fingerprint density at radius 1 is 1.27 bits per heavy atom. The number of nitrogens with zero attached hydrogens (tertiary/aromatic N) is 6. The average molecular weight is 456 g/mol. The van der Waals surface area contributed by atoms with Crippen LogP contribution in [-0.2, 0) is 7.05 Å². The normalized spacial score (nSPS) is 15.0. The summed E-state index contributed by atoms with van der Waals surface area (Å²) in [7, 11) is 3.17. The molecule has 3 amide bonds. The highest BCUT2D eigenvalue weighted by Crippen LogP contribution is 2.37. The lowest BCUT2D eigenvalue weighted by atomic mass is 10.1. The van der Waals surface area contributed by atoms with E-state index < -0.39 is 25.0 Å². The summed E-state index contributed by atoms with van der Waals surface area (Å²) in [5.41, 5.74) is 0.673. The first-order chi connectivity index (χ1) is 17.0. The third-order valence-electron chi connectivity index (χ3n) is 4.84. The number of carbonyl (C=O) groups is 2. The van der Waals surface area contributed by atoms with Gasteiger partial charge in [-0.2, -0.15) is 5.10 Å². The molecule has 1 fully saturated rings. The number of β-amino-alcohol motifs (C(OH)–C–C–N with tert-alkyl or cyclic N) is 1. The van der Waals surface area contributed by atoms with Gasteiger partial charge in [0.2, 0.25) is 0 Å². The number of nitrogens with one attached hydrogen (secondary N) is 3. The topological polar surface area (TPSA) is 159 Å². The monoisotopic (exact) mass is 456 g/mol. The van der Waals surface area contributed by atoms with E-state index in [4.69, 9.17) is 8.85 Å². The Labute approximate surface area is 193 Å². The quantitative estimate of drug-likeness (QED) is 0.416. The van der Waals surface area contributed by atoms with Gasteiger partial charge in [0, 0.05) is 24.2 Å². The molecule has 13 heteroatoms. The number of para-hydroxylation sites is 1. The Morgan fingerprint density at radius 2 is 2.09 bits per heavy atom. The molecule has 2 aromatic heterocycles. The van der Waals surface area contributed by atoms with Crippen molar-refractivity contribution in [3.05, 3.63) is 36.3 Å². The molecule has 0 spiro atoms. The van der Waals surface area contributed by atoms with Crippen LogP contribution in [0.2, 0.25) is 0 Å². The smallest absolute Gasteiger partial charge is 0.323 e. The minimum atomic E-state index is -2.76. The van der Waals surface area contributed by atoms with E-state index in [9.17, 15) is 14.7 Å². The van der Waals surface area contributed by atoms with Crippen LogP contribution in [0.5, 0.6) is 5.75 Å². The van der Waals surface area contributed by atoms with Crippen LogP contribution in [0.3, 0.4) is 0 Å². The summed E-state index contributed by atoms with van der Waals surface area (Å²) in [5, 5.41) is 28.8. The zero-order valence-electron chi connectivity index (χ0n) is 20.7. The fourth-order valence-corrected chi connectivity index (χ4v) is 3.22. The Hall–Kier alpha value is -4.26. The maximum Gasteiger partial charge on any atom is 0.323 e. The van der Waals surface area contributed by atoms with Gasteiger partial charge in [-0.05, 0) is 12.1 Å². The van der Waals surface area contributed by atoms with E-state index in [0.717, 1.165) is 0 Å². The number of hydrogen-bond donors (Lipinski definition) is 4. The van der Waals surface area contributed by atoms with Crippen molar-refractivity contribution in [2.75, 3.05) is 37.8 Å². The van der Waals surface area contributed by atoms with E-state index in [0.29, 0.717) is 22.8 Å². The number of methoxy groups -OCH3 is 1. The second kappa shape index (κ2) is 9.08. The van der Waals surface area contributed by atoms with Gasteiger partial charge in [-0.3, -0.25) is 14.8 Å². The van der Waals surface area contributed by atoms with E-state index in [1.165, 1.54) is 29.1 Å². The number of urea groups is 1. The van der Waals surface area contributed by atoms with E-state index in [1.807, 2.05) is 5.32 Å². The molecule has 4 N–H and O–H groups in total. The number of hydrogen-bond acceptors (Lipinski definition) is 9. The van der Waals surface area contributed by atoms with Crippen LogP contribution in [0.15, 0.2) is 30.6 Å². The molecule has 0 radical (unpaired) electrons. The average Bonchev–Trinajstić information content (AvgIpc) is 3.21. The predicted molar refractivity (Wildman–Crippen MR) is 118 cm³/mol. The fourth-order valence-electron chi connectivity index (χ4n) is 3.22. The Kier molecular flexibility index (Phi) is 5.04. The first kappa shape index (κ1) is 18.3. The molecule has 0 atom stereocenters. The van der Waals surface area contributed by atoms with Gasteiger partial charge in [0.05, 0.1) is 43.2 Å². The number of ether oxygens (including phenoxy) is 1. The van der Waals surface area contributed by atoms with Crippen LogP contribution in [0, 0.1) is 0 Å². The zero-order chi connectivity index (χ0) is 26.0. The van der Waals surface area contributed by atoms with Gasteiger partial charge in [0.1, 0.15) is 6.33 Å². The summed E-state index contributed by atoms with van der Waals surface area (Å²) in [6.45, 7) is -2.41. The van der Waals surface area contributed by atoms with Gasteiger partial charge in [0.15, 0.2) is 23.1 Å². The molecule has 0 unspecified atom stereocenters. The van der Waals surface area contributed by atoms with Gasteiger partial charge in [-0.25, -0.2) is 9.78 Å². The zero-order valence-corrected chi connectivity index (χ0v) is 17.7. The maximum atomic E-state index is 12.7. The largest absolute Gasteiger partial charge is 0.494 e. The molecule has 1 aliphatic rings. The lowest BCUT2D eigenvalue weighted by Crippen LogP contribution is -2.55. The number of aryl methyl sites for hydroxylation is 1. The van der Waals surface area contributed by atoms with Crippen molar-refractivity contribution in [3.8, 4) is 17.1 Å². The van der Waals surface area contributed by atoms with Crippen molar-refractivity contribution in [1.82, 2.24) is 35.2 Å². The summed E-state index contributed by atoms with van der Waals surface area (Å²) in [6.07, 6.45) is 0.948. The second-order valence-corrected chi connectivity index (χ2v) is 7.19. The van der Waals surface area contributed by atoms with Crippen LogP contribution in [0.1, 0.15) is 14.6 Å². The van der Waals surface area contributed by atoms with E-state index in [2.05, 4.69) is 30.9 Å². The van der Waals surface area contributed by atoms with Crippen molar-refractivity contribution >= 4 is 29.1 Å². The maximum absolute atomic E-state index is 12.7. The molecular formula is C20H23N9O4. The molecule has 0 aliphatic carbocycles. The summed E-state index contributed by atoms with van der Waals surface area (Å²) in [6, 6.07) is 5.95. The molecule has 172 valence electrons. The van der Waals surface area contributed by atoms with Crippen LogP contribution >= 0.6 is 0 Å². The SMILES string of the molecule is [2H]C([2H])([2H])NC(=O)c1nnc(NC(=O)N2CC(O)C2)cc1Nc1cccc(-c2ncn(C)n2)c1OC. The number of aromatic nitrogens is 5. The highest BCUT2D eigenvalue weighted by atomic mass is 16.5. The third kappa shape index (κ3) is 4.52. The first-order valence-electron chi connectivity index (χ1n) is 11.3. The number of anilines is 3. The minimum absolute atomic E-state index is 0.00385. The van der Waals surface area contributed by atoms with Crippen molar-refractivity contribution in [2.45, 2.75) is 6.10 Å². The molecule has 4 rings (SSSR count). The molecule has 0 bridgehead atoms. The number of carbonyl (C=O) groups excluding carboxylic acids is 2. The first-order valence-corrected chi connectivity index (χ1v) is 9.78. The molecule has 1 aromatic carbocycles. The van der Waals surface area contributed by atoms with E-state index >= 15 is 0 Å². The molecule has 3 aromatic rings. The number of benzene rings is 1. The van der Waals surface area contributed by atoms with Crippen molar-refractivity contribution in [3.63, 3.8) is 0 Å². The van der Waals surface area contributed by atoms with Gasteiger partial charge in [-0.15, -0.1) is 10.2 Å². The number of likely N-dealkylation sites (tertiary alicyclic amines) is 1. The summed E-state index contributed by atoms with van der Waals surface area (Å²) in [4.78, 5) is 30.6. The van der Waals surface area contributed by atoms with Gasteiger partial charge < -0.3 is 25.4 Å². The van der Waals surface area contributed by atoms with Crippen molar-refractivity contribution in [1.29, 1.82) is 0 Å². The molecule has 1 aliphatic heterocycles. The molecule has 0 saturated carbocycles. The summed E-state index contributed by atoms with van der Waals surface area (Å²) >= 11 is 0. The molecule has 33 heavy (non-hydrogen) atoms. The lowest BCUT2D eigenvalue weighted by Gasteiger charge is -2.35. The van der Waals surface area contributed by atoms with Crippen LogP contribution in [0.25, 0.3) is 11.4 Å². The van der Waals surface area contributed by atoms with Crippen LogP contribution in [-0.4, -0.2) is 80.2 Å². The minimum Gasteiger partial charge on any atom is -0.494 e. The number of amides is 3. The standard InChI is InChI=1S/C20H23N9O4/c1-21-19(31)16-14(7-15(25-26-16)24-20(32)29-8-11(30)9-29)23-13-6-4-5-12(17(13)33-3)18-22-10-28(2)27-18/h4-7,10-11,30H,8-9H2,1-3H3,(H,21,31)(H2,23,24,25,32)/i1D3. The molecule has 3 heterocycles. The highest BCUT2D eigenvalue weighted by molar-refractivity contribution is 5.99. The summed E-state index contributed by atoms with van der Waals surface area (Å²) in [5.74, 6) is -0.259. The molecule has 1 saturated heterocycles. The third-order valence-corrected chi connectivity index (χ3v) is 4.84. The number of rotatable bonds is 6. The highest BCUT2D eigenvalue weighted by Gasteiger charge is 2.29. The van der Waals surface area contributed by atoms with Crippen LogP contribution < -0.4 is 20.7 Å². The predicted octanol–water partition coefficient (Wildman–Crippen LogP) is 0.592. The number of aliphatic hydroxyl groups is 1. The fraction of sp³-hybridized carbons (Fsp3) is 0.300. The second-order valence-electron chi connectivity index (χ2n) is 7.19. The van der Waals surface area contributed by atoms with Gasteiger partial charge >= 0.3 is 6.03 Å². The Bertz CT molecular complexity index is 1290. The van der Waals surface area contributed by atoms with E-state index in [-0.39, 0.29) is 30.3 Å². The molecular weight excluding hydrogens is 430 g/mol. The summed E-state index contributed by atoms with van der Waals surface area (Å²) < 4.78 is 29.1.